The van der Waals surface area contributed by atoms with Gasteiger partial charge in [-0.05, 0) is 17.7 Å². The predicted octanol–water partition coefficient (Wildman–Crippen LogP) is -0.105. The lowest BCUT2D eigenvalue weighted by atomic mass is 10.1. The van der Waals surface area contributed by atoms with Gasteiger partial charge >= 0.3 is 12.0 Å². The molecule has 1 aliphatic heterocycles. The average molecular weight is 305 g/mol. The van der Waals surface area contributed by atoms with Crippen molar-refractivity contribution in [3.05, 3.63) is 35.4 Å². The number of aliphatic carboxylic acids is 1. The molecule has 2 rings (SSSR count). The Balaban J connectivity index is 2.13. The molecule has 0 unspecified atom stereocenters. The minimum atomic E-state index is -1.11. The number of carboxylic acids is 1. The smallest absolute Gasteiger partial charge is 0.324 e. The van der Waals surface area contributed by atoms with Crippen molar-refractivity contribution in [1.29, 1.82) is 0 Å². The van der Waals surface area contributed by atoms with Crippen LogP contribution in [0.3, 0.4) is 0 Å². The van der Waals surface area contributed by atoms with E-state index in [4.69, 9.17) is 5.11 Å². The largest absolute Gasteiger partial charge is 0.480 e. The molecule has 1 aromatic rings. The first-order chi connectivity index (χ1) is 10.4. The van der Waals surface area contributed by atoms with Gasteiger partial charge in [-0.2, -0.15) is 0 Å². The van der Waals surface area contributed by atoms with Crippen molar-refractivity contribution in [2.45, 2.75) is 6.54 Å². The molecule has 2 N–H and O–H groups in total. The Morgan fingerprint density at radius 3 is 2.68 bits per heavy atom. The lowest BCUT2D eigenvalue weighted by Crippen LogP contribution is -2.32. The van der Waals surface area contributed by atoms with E-state index in [1.165, 1.54) is 7.05 Å². The van der Waals surface area contributed by atoms with Crippen molar-refractivity contribution in [2.75, 3.05) is 20.1 Å². The van der Waals surface area contributed by atoms with Gasteiger partial charge in [-0.15, -0.1) is 0 Å². The zero-order valence-electron chi connectivity index (χ0n) is 11.9. The van der Waals surface area contributed by atoms with Gasteiger partial charge in [-0.3, -0.25) is 19.3 Å². The SMILES string of the molecule is CN(CC(=O)O)C(=O)c1cccc(CN2C(=O)CNC2=O)c1. The number of carbonyl (C=O) groups is 4. The second-order valence-corrected chi connectivity index (χ2v) is 4.89. The van der Waals surface area contributed by atoms with Gasteiger partial charge in [0.2, 0.25) is 5.91 Å². The molecule has 22 heavy (non-hydrogen) atoms. The molecule has 8 heteroatoms. The Bertz CT molecular complexity index is 627. The molecule has 116 valence electrons. The minimum absolute atomic E-state index is 0.0290. The first-order valence-corrected chi connectivity index (χ1v) is 6.53. The van der Waals surface area contributed by atoms with E-state index in [9.17, 15) is 19.2 Å². The van der Waals surface area contributed by atoms with E-state index in [1.54, 1.807) is 24.3 Å². The third kappa shape index (κ3) is 3.40. The number of likely N-dealkylation sites (N-methyl/N-ethyl adjacent to an activating group) is 1. The van der Waals surface area contributed by atoms with E-state index in [0.29, 0.717) is 11.1 Å². The fourth-order valence-electron chi connectivity index (χ4n) is 2.10. The third-order valence-corrected chi connectivity index (χ3v) is 3.17. The molecule has 1 saturated heterocycles. The number of benzene rings is 1. The number of carboxylic acid groups (broad SMARTS) is 1. The summed E-state index contributed by atoms with van der Waals surface area (Å²) in [6, 6.07) is 5.93. The lowest BCUT2D eigenvalue weighted by molar-refractivity contribution is -0.137. The summed E-state index contributed by atoms with van der Waals surface area (Å²) >= 11 is 0. The predicted molar refractivity (Wildman–Crippen MR) is 75.0 cm³/mol. The van der Waals surface area contributed by atoms with Crippen molar-refractivity contribution in [2.24, 2.45) is 0 Å². The first-order valence-electron chi connectivity index (χ1n) is 6.53. The zero-order valence-corrected chi connectivity index (χ0v) is 11.9. The van der Waals surface area contributed by atoms with E-state index in [-0.39, 0.29) is 19.0 Å². The molecule has 0 saturated carbocycles. The Labute approximate surface area is 126 Å². The fraction of sp³-hybridized carbons (Fsp3) is 0.286. The second kappa shape index (κ2) is 6.25. The standard InChI is InChI=1S/C14H15N3O5/c1-16(8-12(19)20)13(21)10-4-2-3-9(5-10)7-17-11(18)6-15-14(17)22/h2-5H,6-8H2,1H3,(H,15,22)(H,19,20). The van der Waals surface area contributed by atoms with Crippen molar-refractivity contribution in [3.8, 4) is 0 Å². The molecule has 1 aliphatic rings. The van der Waals surface area contributed by atoms with Crippen LogP contribution in [-0.2, 0) is 16.1 Å². The maximum atomic E-state index is 12.1. The van der Waals surface area contributed by atoms with Gasteiger partial charge in [-0.25, -0.2) is 4.79 Å². The number of rotatable bonds is 5. The summed E-state index contributed by atoms with van der Waals surface area (Å²) in [5, 5.41) is 11.1. The summed E-state index contributed by atoms with van der Waals surface area (Å²) in [6.45, 7) is -0.372. The molecule has 0 spiro atoms. The summed E-state index contributed by atoms with van der Waals surface area (Å²) in [4.78, 5) is 47.9. The quantitative estimate of drug-likeness (QED) is 0.738. The van der Waals surface area contributed by atoms with E-state index < -0.39 is 24.5 Å². The van der Waals surface area contributed by atoms with Gasteiger partial charge < -0.3 is 15.3 Å². The third-order valence-electron chi connectivity index (χ3n) is 3.17. The molecule has 1 fully saturated rings. The summed E-state index contributed by atoms with van der Waals surface area (Å²) in [5.74, 6) is -1.88. The monoisotopic (exact) mass is 305 g/mol. The molecule has 0 aromatic heterocycles. The number of hydrogen-bond donors (Lipinski definition) is 2. The number of nitrogens with one attached hydrogen (secondary N) is 1. The fourth-order valence-corrected chi connectivity index (χ4v) is 2.10. The van der Waals surface area contributed by atoms with Crippen LogP contribution in [-0.4, -0.2) is 58.9 Å². The van der Waals surface area contributed by atoms with Crippen LogP contribution in [0.5, 0.6) is 0 Å². The highest BCUT2D eigenvalue weighted by Gasteiger charge is 2.28. The molecule has 1 aromatic carbocycles. The van der Waals surface area contributed by atoms with Crippen LogP contribution in [0.2, 0.25) is 0 Å². The number of hydrogen-bond acceptors (Lipinski definition) is 4. The highest BCUT2D eigenvalue weighted by Crippen LogP contribution is 2.12. The first kappa shape index (κ1) is 15.5. The van der Waals surface area contributed by atoms with Crippen LogP contribution in [0, 0.1) is 0 Å². The number of carbonyl (C=O) groups excluding carboxylic acids is 3. The van der Waals surface area contributed by atoms with E-state index in [2.05, 4.69) is 5.32 Å². The number of urea groups is 1. The maximum Gasteiger partial charge on any atom is 0.324 e. The van der Waals surface area contributed by atoms with Gasteiger partial charge in [0.25, 0.3) is 5.91 Å². The number of imide groups is 1. The van der Waals surface area contributed by atoms with E-state index >= 15 is 0 Å². The van der Waals surface area contributed by atoms with Crippen molar-refractivity contribution in [1.82, 2.24) is 15.1 Å². The zero-order chi connectivity index (χ0) is 16.3. The van der Waals surface area contributed by atoms with E-state index in [1.807, 2.05) is 0 Å². The summed E-state index contributed by atoms with van der Waals surface area (Å²) < 4.78 is 0. The van der Waals surface area contributed by atoms with E-state index in [0.717, 1.165) is 9.80 Å². The minimum Gasteiger partial charge on any atom is -0.480 e. The lowest BCUT2D eigenvalue weighted by Gasteiger charge is -2.16. The van der Waals surface area contributed by atoms with Crippen LogP contribution in [0.1, 0.15) is 15.9 Å². The van der Waals surface area contributed by atoms with Crippen LogP contribution >= 0.6 is 0 Å². The van der Waals surface area contributed by atoms with Crippen LogP contribution in [0.4, 0.5) is 4.79 Å². The highest BCUT2D eigenvalue weighted by atomic mass is 16.4. The number of amides is 4. The van der Waals surface area contributed by atoms with Gasteiger partial charge in [0.05, 0.1) is 13.1 Å². The molecule has 4 amide bonds. The molecular weight excluding hydrogens is 290 g/mol. The Kier molecular flexibility index (Phi) is 4.40. The maximum absolute atomic E-state index is 12.1. The Hall–Kier alpha value is -2.90. The van der Waals surface area contributed by atoms with Gasteiger partial charge in [0.15, 0.2) is 0 Å². The second-order valence-electron chi connectivity index (χ2n) is 4.89. The Morgan fingerprint density at radius 2 is 2.09 bits per heavy atom. The molecule has 0 aliphatic carbocycles. The van der Waals surface area contributed by atoms with Crippen molar-refractivity contribution >= 4 is 23.8 Å². The van der Waals surface area contributed by atoms with Crippen molar-refractivity contribution < 1.29 is 24.3 Å². The molecular formula is C14H15N3O5. The molecule has 0 radical (unpaired) electrons. The number of nitrogens with zero attached hydrogens (tertiary/aromatic N) is 2. The summed E-state index contributed by atoms with van der Waals surface area (Å²) in [7, 11) is 1.39. The van der Waals surface area contributed by atoms with Crippen LogP contribution in [0.15, 0.2) is 24.3 Å². The average Bonchev–Trinajstić information content (AvgIpc) is 2.78. The normalized spacial score (nSPS) is 14.0. The van der Waals surface area contributed by atoms with Gasteiger partial charge in [0.1, 0.15) is 6.54 Å². The van der Waals surface area contributed by atoms with Crippen LogP contribution in [0.25, 0.3) is 0 Å². The van der Waals surface area contributed by atoms with Crippen LogP contribution < -0.4 is 5.32 Å². The molecule has 0 bridgehead atoms. The molecule has 8 nitrogen and oxygen atoms in total. The summed E-state index contributed by atoms with van der Waals surface area (Å²) in [6.07, 6.45) is 0. The Morgan fingerprint density at radius 1 is 1.36 bits per heavy atom. The van der Waals surface area contributed by atoms with Gasteiger partial charge in [0, 0.05) is 12.6 Å². The molecule has 1 heterocycles. The van der Waals surface area contributed by atoms with Gasteiger partial charge in [-0.1, -0.05) is 12.1 Å². The highest BCUT2D eigenvalue weighted by molar-refractivity contribution is 6.02. The van der Waals surface area contributed by atoms with Crippen molar-refractivity contribution in [3.63, 3.8) is 0 Å². The molecule has 0 atom stereocenters. The topological polar surface area (TPSA) is 107 Å². The summed E-state index contributed by atoms with van der Waals surface area (Å²) in [5.41, 5.74) is 0.910.